The number of nitrogens with two attached hydrogens (primary N) is 1. The first-order chi connectivity index (χ1) is 15.8. The molecule has 9 heteroatoms. The first-order valence-corrected chi connectivity index (χ1v) is 10.7. The predicted octanol–water partition coefficient (Wildman–Crippen LogP) is 6.06. The molecule has 0 saturated heterocycles. The lowest BCUT2D eigenvalue weighted by Gasteiger charge is -2.25. The smallest absolute Gasteiger partial charge is 0.406 e. The van der Waals surface area contributed by atoms with Crippen LogP contribution < -0.4 is 10.5 Å². The molecule has 0 aliphatic carbocycles. The highest BCUT2D eigenvalue weighted by Gasteiger charge is 2.31. The van der Waals surface area contributed by atoms with E-state index < -0.39 is 6.36 Å². The van der Waals surface area contributed by atoms with Crippen LogP contribution in [-0.2, 0) is 0 Å². The second kappa shape index (κ2) is 10.4. The van der Waals surface area contributed by atoms with Gasteiger partial charge in [-0.25, -0.2) is 0 Å². The second-order valence-corrected chi connectivity index (χ2v) is 7.99. The molecule has 3 aromatic rings. The van der Waals surface area contributed by atoms with Crippen molar-refractivity contribution in [3.8, 4) is 28.1 Å². The molecule has 34 heavy (non-hydrogen) atoms. The summed E-state index contributed by atoms with van der Waals surface area (Å²) in [7, 11) is 0. The van der Waals surface area contributed by atoms with E-state index in [1.807, 2.05) is 18.2 Å². The maximum Gasteiger partial charge on any atom is 0.573 e. The number of aliphatic imine (C=N–C) groups is 1. The van der Waals surface area contributed by atoms with Crippen molar-refractivity contribution in [1.82, 2.24) is 4.57 Å². The normalized spacial score (nSPS) is 14.9. The van der Waals surface area contributed by atoms with Crippen molar-refractivity contribution in [3.05, 3.63) is 65.9 Å². The second-order valence-electron chi connectivity index (χ2n) is 7.99. The van der Waals surface area contributed by atoms with Gasteiger partial charge in [-0.3, -0.25) is 9.79 Å². The monoisotopic (exact) mass is 491 g/mol. The fourth-order valence-electron chi connectivity index (χ4n) is 4.20. The average Bonchev–Trinajstić information content (AvgIpc) is 3.17. The molecule has 0 bridgehead atoms. The summed E-state index contributed by atoms with van der Waals surface area (Å²) in [5.41, 5.74) is 10.3. The van der Waals surface area contributed by atoms with Gasteiger partial charge in [0, 0.05) is 17.3 Å². The molecule has 180 valence electrons. The van der Waals surface area contributed by atoms with Gasteiger partial charge in [0.25, 0.3) is 0 Å². The van der Waals surface area contributed by atoms with Gasteiger partial charge in [-0.05, 0) is 55.6 Å². The Balaban J connectivity index is 0.00000324. The molecule has 0 fully saturated rings. The number of rotatable bonds is 7. The van der Waals surface area contributed by atoms with Crippen molar-refractivity contribution in [3.63, 3.8) is 0 Å². The van der Waals surface area contributed by atoms with Gasteiger partial charge >= 0.3 is 6.36 Å². The van der Waals surface area contributed by atoms with Crippen LogP contribution in [0, 0.1) is 0 Å². The van der Waals surface area contributed by atoms with Crippen LogP contribution >= 0.6 is 12.4 Å². The molecule has 0 saturated carbocycles. The number of ether oxygens (including phenoxy) is 1. The van der Waals surface area contributed by atoms with Crippen LogP contribution in [0.25, 0.3) is 22.4 Å². The van der Waals surface area contributed by atoms with Crippen molar-refractivity contribution in [2.24, 2.45) is 10.7 Å². The average molecular weight is 492 g/mol. The van der Waals surface area contributed by atoms with Crippen molar-refractivity contribution >= 4 is 24.4 Å². The van der Waals surface area contributed by atoms with Gasteiger partial charge in [-0.1, -0.05) is 36.4 Å². The van der Waals surface area contributed by atoms with Crippen molar-refractivity contribution < 1.29 is 22.7 Å². The Morgan fingerprint density at radius 2 is 1.88 bits per heavy atom. The predicted molar refractivity (Wildman–Crippen MR) is 129 cm³/mol. The van der Waals surface area contributed by atoms with Gasteiger partial charge in [0.1, 0.15) is 5.75 Å². The third kappa shape index (κ3) is 5.51. The van der Waals surface area contributed by atoms with Crippen LogP contribution in [0.5, 0.6) is 5.75 Å². The van der Waals surface area contributed by atoms with Crippen LogP contribution in [0.1, 0.15) is 41.9 Å². The largest absolute Gasteiger partial charge is 0.573 e. The Morgan fingerprint density at radius 3 is 2.53 bits per heavy atom. The zero-order valence-electron chi connectivity index (χ0n) is 18.5. The molecule has 5 nitrogen and oxygen atoms in total. The number of ketones is 1. The Hall–Kier alpha value is -3.10. The molecular weight excluding hydrogens is 467 g/mol. The number of carbonyl (C=O) groups excluding carboxylic acids is 1. The maximum absolute atomic E-state index is 12.8. The lowest BCUT2D eigenvalue weighted by Crippen LogP contribution is -2.21. The summed E-state index contributed by atoms with van der Waals surface area (Å²) in [5.74, 6) is -0.320. The lowest BCUT2D eigenvalue weighted by molar-refractivity contribution is -0.274. The number of nitrogens with zero attached hydrogens (tertiary/aromatic N) is 2. The Kier molecular flexibility index (Phi) is 7.84. The van der Waals surface area contributed by atoms with Gasteiger partial charge in [0.15, 0.2) is 5.78 Å². The first kappa shape index (κ1) is 25.5. The number of fused-ring (bicyclic) bond motifs is 1. The number of halogens is 4. The van der Waals surface area contributed by atoms with Gasteiger partial charge in [-0.2, -0.15) is 0 Å². The summed E-state index contributed by atoms with van der Waals surface area (Å²) in [6.07, 6.45) is -1.34. The molecule has 2 heterocycles. The zero-order chi connectivity index (χ0) is 23.6. The van der Waals surface area contributed by atoms with Gasteiger partial charge in [0.05, 0.1) is 24.0 Å². The topological polar surface area (TPSA) is 69.6 Å². The van der Waals surface area contributed by atoms with Gasteiger partial charge in [-0.15, -0.1) is 25.6 Å². The maximum atomic E-state index is 12.8. The molecule has 4 rings (SSSR count). The zero-order valence-corrected chi connectivity index (χ0v) is 19.3. The van der Waals surface area contributed by atoms with Crippen LogP contribution in [0.4, 0.5) is 13.2 Å². The SMILES string of the molecule is CC(=O)c1ccc(-c2c(-c3cccc(OC(F)(F)F)c3)cc3n2[C@@H](CCCN)CN=C3)cc1.Cl. The molecule has 0 radical (unpaired) electrons. The molecule has 1 atom stereocenters. The van der Waals surface area contributed by atoms with Crippen LogP contribution in [0.2, 0.25) is 0 Å². The summed E-state index contributed by atoms with van der Waals surface area (Å²) in [5, 5.41) is 0. The molecular formula is C25H25ClF3N3O2. The molecule has 0 unspecified atom stereocenters. The van der Waals surface area contributed by atoms with Crippen molar-refractivity contribution in [1.29, 1.82) is 0 Å². The summed E-state index contributed by atoms with van der Waals surface area (Å²) in [4.78, 5) is 16.2. The number of Topliss-reactive ketones (excluding diaryl/α,β-unsaturated/α-hetero) is 1. The number of hydrogen-bond acceptors (Lipinski definition) is 4. The Morgan fingerprint density at radius 1 is 1.15 bits per heavy atom. The van der Waals surface area contributed by atoms with E-state index in [0.29, 0.717) is 24.2 Å². The van der Waals surface area contributed by atoms with Crippen molar-refractivity contribution in [2.45, 2.75) is 32.2 Å². The highest BCUT2D eigenvalue weighted by molar-refractivity contribution is 5.95. The van der Waals surface area contributed by atoms with Gasteiger partial charge in [0.2, 0.25) is 0 Å². The standard InChI is InChI=1S/C25H24F3N3O2.ClH/c1-16(32)17-7-9-18(10-8-17)24-23(19-4-2-6-22(12-19)33-25(26,27)28)13-21-15-30-14-20(31(21)24)5-3-11-29;/h2,4,6-10,12-13,15,20H,3,5,11,14,29H2,1H3;1H/t20-;/m0./s1. The third-order valence-corrected chi connectivity index (χ3v) is 5.66. The summed E-state index contributed by atoms with van der Waals surface area (Å²) >= 11 is 0. The quantitative estimate of drug-likeness (QED) is 0.408. The molecule has 1 aliphatic heterocycles. The van der Waals surface area contributed by atoms with Crippen LogP contribution in [0.3, 0.4) is 0 Å². The van der Waals surface area contributed by atoms with E-state index in [2.05, 4.69) is 14.3 Å². The minimum absolute atomic E-state index is 0. The fourth-order valence-corrected chi connectivity index (χ4v) is 4.20. The van der Waals surface area contributed by atoms with Crippen LogP contribution in [0.15, 0.2) is 59.6 Å². The molecule has 1 aliphatic rings. The third-order valence-electron chi connectivity index (χ3n) is 5.66. The molecule has 2 aromatic carbocycles. The molecule has 0 spiro atoms. The van der Waals surface area contributed by atoms with E-state index in [4.69, 9.17) is 5.73 Å². The minimum Gasteiger partial charge on any atom is -0.406 e. The molecule has 0 amide bonds. The first-order valence-electron chi connectivity index (χ1n) is 10.7. The number of alkyl halides is 3. The Bertz CT molecular complexity index is 1190. The van der Waals surface area contributed by atoms with E-state index in [1.165, 1.54) is 25.1 Å². The van der Waals surface area contributed by atoms with Crippen LogP contribution in [-0.4, -0.2) is 36.0 Å². The summed E-state index contributed by atoms with van der Waals surface area (Å²) in [6, 6.07) is 15.2. The molecule has 2 N–H and O–H groups in total. The number of carbonyl (C=O) groups is 1. The number of aromatic nitrogens is 1. The van der Waals surface area contributed by atoms with E-state index in [1.54, 1.807) is 24.4 Å². The van der Waals surface area contributed by atoms with E-state index >= 15 is 0 Å². The number of benzene rings is 2. The summed E-state index contributed by atoms with van der Waals surface area (Å²) < 4.78 is 44.7. The van der Waals surface area contributed by atoms with Gasteiger partial charge < -0.3 is 15.0 Å². The molecule has 1 aromatic heterocycles. The fraction of sp³-hybridized carbons (Fsp3) is 0.280. The minimum atomic E-state index is -4.77. The van der Waals surface area contributed by atoms with Crippen molar-refractivity contribution in [2.75, 3.05) is 13.1 Å². The number of hydrogen-bond donors (Lipinski definition) is 1. The highest BCUT2D eigenvalue weighted by atomic mass is 35.5. The van der Waals surface area contributed by atoms with E-state index in [0.717, 1.165) is 35.4 Å². The Labute approximate surface area is 201 Å². The summed E-state index contributed by atoms with van der Waals surface area (Å²) in [6.45, 7) is 2.66. The highest BCUT2D eigenvalue weighted by Crippen LogP contribution is 2.40. The lowest BCUT2D eigenvalue weighted by atomic mass is 9.99. The van der Waals surface area contributed by atoms with E-state index in [-0.39, 0.29) is 30.0 Å². The van der Waals surface area contributed by atoms with E-state index in [9.17, 15) is 18.0 Å².